The van der Waals surface area contributed by atoms with Crippen LogP contribution in [-0.4, -0.2) is 37.8 Å². The Morgan fingerprint density at radius 3 is 2.97 bits per heavy atom. The predicted molar refractivity (Wildman–Crippen MR) is 107 cm³/mol. The first-order chi connectivity index (χ1) is 14.2. The summed E-state index contributed by atoms with van der Waals surface area (Å²) >= 11 is 0. The van der Waals surface area contributed by atoms with Crippen LogP contribution in [0.5, 0.6) is 5.75 Å². The van der Waals surface area contributed by atoms with Gasteiger partial charge in [0.2, 0.25) is 5.82 Å². The largest absolute Gasteiger partial charge is 0.497 e. The summed E-state index contributed by atoms with van der Waals surface area (Å²) in [6.45, 7) is 0. The molecule has 2 aromatic carbocycles. The summed E-state index contributed by atoms with van der Waals surface area (Å²) in [6.07, 6.45) is 3.64. The van der Waals surface area contributed by atoms with E-state index in [2.05, 4.69) is 20.3 Å². The fourth-order valence-electron chi connectivity index (χ4n) is 3.45. The molecule has 144 valence electrons. The van der Waals surface area contributed by atoms with Gasteiger partial charge in [0.1, 0.15) is 5.75 Å². The number of nitrogens with zero attached hydrogens (tertiary/aromatic N) is 4. The van der Waals surface area contributed by atoms with Gasteiger partial charge in [0, 0.05) is 39.8 Å². The van der Waals surface area contributed by atoms with Crippen molar-refractivity contribution >= 4 is 27.6 Å². The van der Waals surface area contributed by atoms with Crippen LogP contribution in [0.2, 0.25) is 0 Å². The van der Waals surface area contributed by atoms with Crippen LogP contribution in [0, 0.1) is 0 Å². The molecule has 3 aromatic heterocycles. The molecule has 0 atom stereocenters. The molecule has 0 saturated heterocycles. The lowest BCUT2D eigenvalue weighted by Crippen LogP contribution is -2.13. The molecule has 0 saturated carbocycles. The van der Waals surface area contributed by atoms with Crippen LogP contribution in [-0.2, 0) is 0 Å². The molecular formula is C20H16N6O3. The third-order valence-electron chi connectivity index (χ3n) is 4.87. The van der Waals surface area contributed by atoms with Crippen molar-refractivity contribution in [2.45, 2.75) is 0 Å². The van der Waals surface area contributed by atoms with Crippen LogP contribution in [0.1, 0.15) is 5.56 Å². The van der Waals surface area contributed by atoms with E-state index in [0.29, 0.717) is 17.4 Å². The van der Waals surface area contributed by atoms with Gasteiger partial charge in [-0.15, -0.1) is 0 Å². The number of nitrogens with two attached hydrogens (primary N) is 1. The molecule has 0 radical (unpaired) electrons. The van der Waals surface area contributed by atoms with E-state index in [1.807, 2.05) is 42.6 Å². The molecule has 29 heavy (non-hydrogen) atoms. The summed E-state index contributed by atoms with van der Waals surface area (Å²) in [5, 5.41) is 18.0. The highest BCUT2D eigenvalue weighted by Gasteiger charge is 2.17. The van der Waals surface area contributed by atoms with Crippen molar-refractivity contribution in [2.75, 3.05) is 7.11 Å². The van der Waals surface area contributed by atoms with Gasteiger partial charge in [-0.05, 0) is 30.3 Å². The topological polar surface area (TPSA) is 127 Å². The Hall–Kier alpha value is -4.27. The summed E-state index contributed by atoms with van der Waals surface area (Å²) in [7, 11) is 1.62. The van der Waals surface area contributed by atoms with E-state index in [-0.39, 0.29) is 5.84 Å². The van der Waals surface area contributed by atoms with E-state index in [0.717, 1.165) is 33.1 Å². The number of fused-ring (bicyclic) bond motifs is 2. The summed E-state index contributed by atoms with van der Waals surface area (Å²) in [5.41, 5.74) is 8.95. The van der Waals surface area contributed by atoms with Crippen LogP contribution in [0.15, 0.2) is 64.5 Å². The fourth-order valence-corrected chi connectivity index (χ4v) is 3.45. The summed E-state index contributed by atoms with van der Waals surface area (Å²) in [6, 6.07) is 13.4. The molecule has 0 bridgehead atoms. The van der Waals surface area contributed by atoms with Gasteiger partial charge in [0.15, 0.2) is 5.84 Å². The fraction of sp³-hybridized carbons (Fsp3) is 0.0500. The van der Waals surface area contributed by atoms with E-state index in [4.69, 9.17) is 20.2 Å². The molecule has 0 aliphatic heterocycles. The number of aromatic nitrogens is 4. The van der Waals surface area contributed by atoms with Crippen molar-refractivity contribution in [2.24, 2.45) is 10.9 Å². The lowest BCUT2D eigenvalue weighted by molar-refractivity contribution is 0.318. The summed E-state index contributed by atoms with van der Waals surface area (Å²) in [5.74, 6) is 1.23. The Balaban J connectivity index is 1.61. The van der Waals surface area contributed by atoms with E-state index in [1.165, 1.54) is 0 Å². The molecule has 0 aliphatic carbocycles. The number of nitrogens with one attached hydrogen (secondary N) is 1. The van der Waals surface area contributed by atoms with Gasteiger partial charge in [-0.1, -0.05) is 22.4 Å². The molecule has 5 rings (SSSR count). The number of hydrogen-bond acceptors (Lipinski definition) is 6. The number of ether oxygens (including phenoxy) is 1. The van der Waals surface area contributed by atoms with Crippen LogP contribution in [0.4, 0.5) is 0 Å². The van der Waals surface area contributed by atoms with Crippen molar-refractivity contribution in [1.29, 1.82) is 0 Å². The first kappa shape index (κ1) is 16.9. The second-order valence-electron chi connectivity index (χ2n) is 6.42. The minimum Gasteiger partial charge on any atom is -0.497 e. The maximum absolute atomic E-state index is 9.01. The van der Waals surface area contributed by atoms with Gasteiger partial charge in [0.25, 0.3) is 0 Å². The van der Waals surface area contributed by atoms with Gasteiger partial charge in [-0.3, -0.25) is 4.57 Å². The number of oxime groups is 1. The minimum absolute atomic E-state index is 0.0345. The highest BCUT2D eigenvalue weighted by atomic mass is 16.5. The Bertz CT molecular complexity index is 1380. The second kappa shape index (κ2) is 6.41. The Morgan fingerprint density at radius 2 is 2.14 bits per heavy atom. The zero-order valence-corrected chi connectivity index (χ0v) is 15.3. The van der Waals surface area contributed by atoms with Gasteiger partial charge in [0.05, 0.1) is 12.6 Å². The lowest BCUT2D eigenvalue weighted by Gasteiger charge is -2.02. The van der Waals surface area contributed by atoms with Crippen LogP contribution >= 0.6 is 0 Å². The Kier molecular flexibility index (Phi) is 3.73. The van der Waals surface area contributed by atoms with E-state index in [9.17, 15) is 0 Å². The smallest absolute Gasteiger partial charge is 0.333 e. The Labute approximate surface area is 164 Å². The third kappa shape index (κ3) is 2.59. The molecule has 0 unspecified atom stereocenters. The first-order valence-electron chi connectivity index (χ1n) is 8.77. The molecule has 9 nitrogen and oxygen atoms in total. The number of H-pyrrole nitrogens is 1. The highest BCUT2D eigenvalue weighted by molar-refractivity contribution is 6.08. The average molecular weight is 388 g/mol. The molecule has 0 spiro atoms. The molecular weight excluding hydrogens is 372 g/mol. The number of aromatic amines is 1. The molecule has 0 fully saturated rings. The number of hydrogen-bond donors (Lipinski definition) is 3. The van der Waals surface area contributed by atoms with Crippen LogP contribution < -0.4 is 10.5 Å². The SMILES string of the molecule is COc1ccc2[nH]cc(-c3noc(-n4ccc5c(/C(N)=N/O)cccc54)n3)c2c1. The standard InChI is InChI=1S/C20H16N6O3/c1-28-11-5-6-16-14(9-11)15(10-22-16)19-23-20(29-25-19)26-8-7-12-13(18(21)24-27)3-2-4-17(12)26/h2-10,22,27H,1H3,(H2,21,24). The van der Waals surface area contributed by atoms with E-state index in [1.54, 1.807) is 23.9 Å². The quantitative estimate of drug-likeness (QED) is 0.188. The second-order valence-corrected chi connectivity index (χ2v) is 6.42. The number of methoxy groups -OCH3 is 1. The van der Waals surface area contributed by atoms with Gasteiger partial charge in [-0.25, -0.2) is 0 Å². The molecule has 0 aliphatic rings. The van der Waals surface area contributed by atoms with Crippen molar-refractivity contribution < 1.29 is 14.5 Å². The maximum atomic E-state index is 9.01. The van der Waals surface area contributed by atoms with Crippen molar-refractivity contribution in [3.63, 3.8) is 0 Å². The maximum Gasteiger partial charge on any atom is 0.333 e. The zero-order valence-electron chi connectivity index (χ0n) is 15.3. The molecule has 0 amide bonds. The predicted octanol–water partition coefficient (Wildman–Crippen LogP) is 3.26. The van der Waals surface area contributed by atoms with Gasteiger partial charge in [-0.2, -0.15) is 4.98 Å². The molecule has 3 heterocycles. The van der Waals surface area contributed by atoms with Gasteiger partial charge >= 0.3 is 6.01 Å². The average Bonchev–Trinajstić information content (AvgIpc) is 3.49. The van der Waals surface area contributed by atoms with Crippen molar-refractivity contribution in [3.8, 4) is 23.2 Å². The molecule has 4 N–H and O–H groups in total. The third-order valence-corrected chi connectivity index (χ3v) is 4.87. The minimum atomic E-state index is 0.0345. The Morgan fingerprint density at radius 1 is 1.24 bits per heavy atom. The van der Waals surface area contributed by atoms with Gasteiger partial charge < -0.3 is 25.2 Å². The number of amidine groups is 1. The molecule has 9 heteroatoms. The number of rotatable bonds is 4. The zero-order chi connectivity index (χ0) is 20.0. The molecule has 5 aromatic rings. The monoisotopic (exact) mass is 388 g/mol. The van der Waals surface area contributed by atoms with E-state index >= 15 is 0 Å². The normalized spacial score (nSPS) is 12.1. The van der Waals surface area contributed by atoms with Crippen LogP contribution in [0.25, 0.3) is 39.2 Å². The highest BCUT2D eigenvalue weighted by Crippen LogP contribution is 2.31. The van der Waals surface area contributed by atoms with Crippen molar-refractivity contribution in [1.82, 2.24) is 19.7 Å². The van der Waals surface area contributed by atoms with Crippen molar-refractivity contribution in [3.05, 3.63) is 60.4 Å². The van der Waals surface area contributed by atoms with E-state index < -0.39 is 0 Å². The number of benzene rings is 2. The summed E-state index contributed by atoms with van der Waals surface area (Å²) < 4.78 is 12.6. The lowest BCUT2D eigenvalue weighted by atomic mass is 10.1. The van der Waals surface area contributed by atoms with Crippen LogP contribution in [0.3, 0.4) is 0 Å². The first-order valence-corrected chi connectivity index (χ1v) is 8.77. The summed E-state index contributed by atoms with van der Waals surface area (Å²) in [4.78, 5) is 7.76.